The summed E-state index contributed by atoms with van der Waals surface area (Å²) in [5.41, 5.74) is 9.70. The predicted molar refractivity (Wildman–Crippen MR) is 81.0 cm³/mol. The Balaban J connectivity index is 2.34. The summed E-state index contributed by atoms with van der Waals surface area (Å²) < 4.78 is 0.985. The van der Waals surface area contributed by atoms with Gasteiger partial charge in [-0.05, 0) is 41.3 Å². The molecule has 18 heavy (non-hydrogen) atoms. The quantitative estimate of drug-likeness (QED) is 0.869. The van der Waals surface area contributed by atoms with Crippen LogP contribution in [0.1, 0.15) is 29.7 Å². The van der Waals surface area contributed by atoms with Gasteiger partial charge >= 0.3 is 0 Å². The smallest absolute Gasteiger partial charge is 0.0563 e. The standard InChI is InChI=1S/C15H15BrClN/c1-2-10-3-5-11(6-4-10)15(18)13-9-12(17)7-8-14(13)16/h3-9,15H,2,18H2,1H3. The summed E-state index contributed by atoms with van der Waals surface area (Å²) in [5.74, 6) is 0. The number of rotatable bonds is 3. The molecule has 1 nitrogen and oxygen atoms in total. The number of nitrogens with two attached hydrogens (primary N) is 1. The van der Waals surface area contributed by atoms with Crippen molar-refractivity contribution in [1.82, 2.24) is 0 Å². The van der Waals surface area contributed by atoms with Gasteiger partial charge in [-0.3, -0.25) is 0 Å². The highest BCUT2D eigenvalue weighted by Gasteiger charge is 2.12. The molecule has 2 aromatic rings. The van der Waals surface area contributed by atoms with Gasteiger partial charge in [-0.2, -0.15) is 0 Å². The van der Waals surface area contributed by atoms with E-state index in [4.69, 9.17) is 17.3 Å². The minimum Gasteiger partial charge on any atom is -0.320 e. The monoisotopic (exact) mass is 323 g/mol. The molecule has 0 heterocycles. The molecule has 0 amide bonds. The van der Waals surface area contributed by atoms with Crippen LogP contribution in [0.4, 0.5) is 0 Å². The van der Waals surface area contributed by atoms with E-state index in [2.05, 4.69) is 47.1 Å². The first-order valence-electron chi connectivity index (χ1n) is 5.91. The third-order valence-electron chi connectivity index (χ3n) is 3.04. The van der Waals surface area contributed by atoms with Gasteiger partial charge in [-0.25, -0.2) is 0 Å². The van der Waals surface area contributed by atoms with Crippen molar-refractivity contribution in [2.45, 2.75) is 19.4 Å². The third-order valence-corrected chi connectivity index (χ3v) is 4.00. The highest BCUT2D eigenvalue weighted by molar-refractivity contribution is 9.10. The highest BCUT2D eigenvalue weighted by Crippen LogP contribution is 2.29. The zero-order valence-corrected chi connectivity index (χ0v) is 12.5. The Bertz CT molecular complexity index is 537. The van der Waals surface area contributed by atoms with Crippen molar-refractivity contribution in [3.8, 4) is 0 Å². The Labute approximate surface area is 121 Å². The van der Waals surface area contributed by atoms with E-state index in [-0.39, 0.29) is 6.04 Å². The molecule has 1 unspecified atom stereocenters. The largest absolute Gasteiger partial charge is 0.320 e. The Hall–Kier alpha value is -0.830. The van der Waals surface area contributed by atoms with E-state index in [0.29, 0.717) is 5.02 Å². The average molecular weight is 325 g/mol. The van der Waals surface area contributed by atoms with Gasteiger partial charge in [-0.1, -0.05) is 58.7 Å². The molecular weight excluding hydrogens is 310 g/mol. The normalized spacial score (nSPS) is 12.4. The predicted octanol–water partition coefficient (Wildman–Crippen LogP) is 4.71. The maximum absolute atomic E-state index is 6.29. The van der Waals surface area contributed by atoms with Crippen molar-refractivity contribution in [2.24, 2.45) is 5.73 Å². The number of aryl methyl sites for hydroxylation is 1. The number of hydrogen-bond donors (Lipinski definition) is 1. The van der Waals surface area contributed by atoms with Gasteiger partial charge in [0.1, 0.15) is 0 Å². The highest BCUT2D eigenvalue weighted by atomic mass is 79.9. The van der Waals surface area contributed by atoms with Crippen molar-refractivity contribution in [3.63, 3.8) is 0 Å². The summed E-state index contributed by atoms with van der Waals surface area (Å²) in [6.07, 6.45) is 1.04. The number of hydrogen-bond acceptors (Lipinski definition) is 1. The molecule has 2 rings (SSSR count). The molecule has 0 spiro atoms. The topological polar surface area (TPSA) is 26.0 Å². The molecule has 0 aliphatic carbocycles. The van der Waals surface area contributed by atoms with Crippen molar-refractivity contribution >= 4 is 27.5 Å². The van der Waals surface area contributed by atoms with Crippen LogP contribution in [-0.4, -0.2) is 0 Å². The fourth-order valence-corrected chi connectivity index (χ4v) is 2.57. The molecule has 0 bridgehead atoms. The Kier molecular flexibility index (Phi) is 4.44. The molecule has 1 atom stereocenters. The van der Waals surface area contributed by atoms with Gasteiger partial charge in [0.2, 0.25) is 0 Å². The first kappa shape index (κ1) is 13.6. The lowest BCUT2D eigenvalue weighted by Crippen LogP contribution is -2.12. The van der Waals surface area contributed by atoms with Crippen molar-refractivity contribution < 1.29 is 0 Å². The summed E-state index contributed by atoms with van der Waals surface area (Å²) in [7, 11) is 0. The molecule has 0 radical (unpaired) electrons. The molecule has 0 aliphatic heterocycles. The minimum atomic E-state index is -0.163. The van der Waals surface area contributed by atoms with E-state index >= 15 is 0 Å². The lowest BCUT2D eigenvalue weighted by molar-refractivity contribution is 0.864. The van der Waals surface area contributed by atoms with Crippen LogP contribution in [0.5, 0.6) is 0 Å². The zero-order valence-electron chi connectivity index (χ0n) is 10.2. The van der Waals surface area contributed by atoms with Crippen LogP contribution >= 0.6 is 27.5 Å². The van der Waals surface area contributed by atoms with Crippen LogP contribution in [0.25, 0.3) is 0 Å². The van der Waals surface area contributed by atoms with Crippen LogP contribution < -0.4 is 5.73 Å². The van der Waals surface area contributed by atoms with Gasteiger partial charge in [0, 0.05) is 9.50 Å². The van der Waals surface area contributed by atoms with E-state index < -0.39 is 0 Å². The Morgan fingerprint density at radius 3 is 2.44 bits per heavy atom. The number of halogens is 2. The Morgan fingerprint density at radius 1 is 1.17 bits per heavy atom. The minimum absolute atomic E-state index is 0.163. The zero-order chi connectivity index (χ0) is 13.1. The third kappa shape index (κ3) is 2.94. The van der Waals surface area contributed by atoms with E-state index in [1.807, 2.05) is 18.2 Å². The van der Waals surface area contributed by atoms with E-state index in [9.17, 15) is 0 Å². The molecule has 94 valence electrons. The van der Waals surface area contributed by atoms with Crippen molar-refractivity contribution in [1.29, 1.82) is 0 Å². The van der Waals surface area contributed by atoms with Crippen LogP contribution in [0.3, 0.4) is 0 Å². The molecule has 0 saturated heterocycles. The summed E-state index contributed by atoms with van der Waals surface area (Å²) in [6, 6.07) is 13.9. The van der Waals surface area contributed by atoms with Gasteiger partial charge < -0.3 is 5.73 Å². The van der Waals surface area contributed by atoms with Gasteiger partial charge in [0.25, 0.3) is 0 Å². The van der Waals surface area contributed by atoms with Crippen LogP contribution in [0.2, 0.25) is 5.02 Å². The van der Waals surface area contributed by atoms with Gasteiger partial charge in [0.05, 0.1) is 6.04 Å². The molecule has 2 aromatic carbocycles. The lowest BCUT2D eigenvalue weighted by Gasteiger charge is -2.15. The summed E-state index contributed by atoms with van der Waals surface area (Å²) in [6.45, 7) is 2.14. The summed E-state index contributed by atoms with van der Waals surface area (Å²) in [4.78, 5) is 0. The van der Waals surface area contributed by atoms with Crippen molar-refractivity contribution in [3.05, 3.63) is 68.7 Å². The molecule has 0 aromatic heterocycles. The first-order valence-corrected chi connectivity index (χ1v) is 7.08. The molecule has 2 N–H and O–H groups in total. The second-order valence-corrected chi connectivity index (χ2v) is 5.53. The molecular formula is C15H15BrClN. The van der Waals surface area contributed by atoms with Crippen molar-refractivity contribution in [2.75, 3.05) is 0 Å². The SMILES string of the molecule is CCc1ccc(C(N)c2cc(Cl)ccc2Br)cc1. The second kappa shape index (κ2) is 5.87. The Morgan fingerprint density at radius 2 is 1.83 bits per heavy atom. The fourth-order valence-electron chi connectivity index (χ4n) is 1.89. The average Bonchev–Trinajstić information content (AvgIpc) is 2.41. The maximum atomic E-state index is 6.29. The van der Waals surface area contributed by atoms with E-state index in [0.717, 1.165) is 22.0 Å². The van der Waals surface area contributed by atoms with Crippen LogP contribution in [0.15, 0.2) is 46.9 Å². The second-order valence-electron chi connectivity index (χ2n) is 4.24. The lowest BCUT2D eigenvalue weighted by atomic mass is 9.98. The maximum Gasteiger partial charge on any atom is 0.0563 e. The number of benzene rings is 2. The van der Waals surface area contributed by atoms with Gasteiger partial charge in [-0.15, -0.1) is 0 Å². The molecule has 0 saturated carbocycles. The summed E-state index contributed by atoms with van der Waals surface area (Å²) >= 11 is 9.54. The van der Waals surface area contributed by atoms with E-state index in [1.165, 1.54) is 5.56 Å². The molecule has 0 fully saturated rings. The van der Waals surface area contributed by atoms with Crippen LogP contribution in [0, 0.1) is 0 Å². The fraction of sp³-hybridized carbons (Fsp3) is 0.200. The first-order chi connectivity index (χ1) is 8.61. The van der Waals surface area contributed by atoms with Gasteiger partial charge in [0.15, 0.2) is 0 Å². The molecule has 0 aliphatic rings. The summed E-state index contributed by atoms with van der Waals surface area (Å²) in [5, 5.41) is 0.703. The van der Waals surface area contributed by atoms with Crippen LogP contribution in [-0.2, 0) is 6.42 Å². The van der Waals surface area contributed by atoms with E-state index in [1.54, 1.807) is 0 Å². The molecule has 3 heteroatoms.